The van der Waals surface area contributed by atoms with Crippen LogP contribution in [0.15, 0.2) is 82.8 Å². The van der Waals surface area contributed by atoms with Gasteiger partial charge in [0.1, 0.15) is 17.9 Å². The van der Waals surface area contributed by atoms with Crippen molar-refractivity contribution in [2.45, 2.75) is 37.4 Å². The van der Waals surface area contributed by atoms with E-state index in [0.717, 1.165) is 12.1 Å². The van der Waals surface area contributed by atoms with Gasteiger partial charge in [0.15, 0.2) is 6.61 Å². The van der Waals surface area contributed by atoms with Crippen LogP contribution in [0.25, 0.3) is 0 Å². The standard InChI is InChI=1S/C28H27ClF3N3O6S/c1-27(2,3)41-26(37)18-40-21-12-9-19(10-13-21)16-33-34-25(36)17-35(42(38,39)22-7-5-4-6-8-22)20-11-14-24(29)23(15-20)28(30,31)32/h4-16H,17-18H2,1-3H3,(H,34,36)/b33-16-. The number of carbonyl (C=O) groups is 2. The number of ether oxygens (including phenoxy) is 2. The van der Waals surface area contributed by atoms with Gasteiger partial charge in [0.2, 0.25) is 0 Å². The summed E-state index contributed by atoms with van der Waals surface area (Å²) in [5.74, 6) is -1.08. The zero-order valence-corrected chi connectivity index (χ0v) is 24.3. The van der Waals surface area contributed by atoms with Gasteiger partial charge in [-0.05, 0) is 80.9 Å². The molecule has 1 amide bonds. The Morgan fingerprint density at radius 2 is 1.64 bits per heavy atom. The second kappa shape index (κ2) is 13.3. The van der Waals surface area contributed by atoms with Crippen LogP contribution in [0.5, 0.6) is 5.75 Å². The number of rotatable bonds is 10. The van der Waals surface area contributed by atoms with Crippen molar-refractivity contribution in [1.29, 1.82) is 0 Å². The molecule has 3 rings (SSSR count). The molecule has 42 heavy (non-hydrogen) atoms. The highest BCUT2D eigenvalue weighted by Gasteiger charge is 2.35. The first-order chi connectivity index (χ1) is 19.6. The van der Waals surface area contributed by atoms with Crippen LogP contribution in [0.2, 0.25) is 5.02 Å². The van der Waals surface area contributed by atoms with E-state index in [2.05, 4.69) is 10.5 Å². The predicted octanol–water partition coefficient (Wildman–Crippen LogP) is 5.42. The van der Waals surface area contributed by atoms with Crippen LogP contribution in [-0.2, 0) is 30.5 Å². The minimum absolute atomic E-state index is 0.237. The molecule has 224 valence electrons. The number of hydrazone groups is 1. The zero-order chi connectivity index (χ0) is 31.1. The number of benzene rings is 3. The van der Waals surface area contributed by atoms with Gasteiger partial charge in [-0.25, -0.2) is 18.6 Å². The quantitative estimate of drug-likeness (QED) is 0.183. The minimum atomic E-state index is -4.86. The number of anilines is 1. The number of esters is 1. The van der Waals surface area contributed by atoms with Gasteiger partial charge >= 0.3 is 12.1 Å². The summed E-state index contributed by atoms with van der Waals surface area (Å²) < 4.78 is 78.2. The summed E-state index contributed by atoms with van der Waals surface area (Å²) in [4.78, 5) is 24.2. The molecule has 0 aliphatic rings. The van der Waals surface area contributed by atoms with E-state index in [1.165, 1.54) is 30.5 Å². The van der Waals surface area contributed by atoms with Gasteiger partial charge in [0, 0.05) is 0 Å². The first-order valence-electron chi connectivity index (χ1n) is 12.3. The largest absolute Gasteiger partial charge is 0.482 e. The fourth-order valence-electron chi connectivity index (χ4n) is 3.43. The average molecular weight is 626 g/mol. The number of nitrogens with one attached hydrogen (secondary N) is 1. The Morgan fingerprint density at radius 3 is 2.24 bits per heavy atom. The highest BCUT2D eigenvalue weighted by Crippen LogP contribution is 2.38. The van der Waals surface area contributed by atoms with Gasteiger partial charge < -0.3 is 9.47 Å². The highest BCUT2D eigenvalue weighted by molar-refractivity contribution is 7.92. The van der Waals surface area contributed by atoms with E-state index in [9.17, 15) is 31.2 Å². The van der Waals surface area contributed by atoms with Gasteiger partial charge in [-0.1, -0.05) is 29.8 Å². The smallest absolute Gasteiger partial charge is 0.417 e. The lowest BCUT2D eigenvalue weighted by Gasteiger charge is -2.24. The van der Waals surface area contributed by atoms with Crippen LogP contribution >= 0.6 is 11.6 Å². The maximum Gasteiger partial charge on any atom is 0.417 e. The summed E-state index contributed by atoms with van der Waals surface area (Å²) in [6.07, 6.45) is -3.60. The second-order valence-electron chi connectivity index (χ2n) is 9.72. The van der Waals surface area contributed by atoms with Crippen LogP contribution < -0.4 is 14.5 Å². The van der Waals surface area contributed by atoms with E-state index < -0.39 is 56.5 Å². The third-order valence-electron chi connectivity index (χ3n) is 5.22. The molecular weight excluding hydrogens is 599 g/mol. The van der Waals surface area contributed by atoms with Crippen molar-refractivity contribution >= 4 is 45.4 Å². The fourth-order valence-corrected chi connectivity index (χ4v) is 5.09. The molecule has 14 heteroatoms. The summed E-state index contributed by atoms with van der Waals surface area (Å²) in [5, 5.41) is 3.17. The Kier molecular flexibility index (Phi) is 10.2. The van der Waals surface area contributed by atoms with E-state index in [0.29, 0.717) is 21.7 Å². The second-order valence-corrected chi connectivity index (χ2v) is 12.0. The Labute approximate surface area is 245 Å². The molecule has 0 aromatic heterocycles. The fraction of sp³-hybridized carbons (Fsp3) is 0.250. The number of halogens is 4. The van der Waals surface area contributed by atoms with Gasteiger partial charge in [-0.15, -0.1) is 0 Å². The van der Waals surface area contributed by atoms with E-state index in [4.69, 9.17) is 21.1 Å². The number of nitrogens with zero attached hydrogens (tertiary/aromatic N) is 2. The third-order valence-corrected chi connectivity index (χ3v) is 7.34. The Bertz CT molecular complexity index is 1540. The van der Waals surface area contributed by atoms with Gasteiger partial charge in [0.05, 0.1) is 27.4 Å². The minimum Gasteiger partial charge on any atom is -0.482 e. The zero-order valence-electron chi connectivity index (χ0n) is 22.7. The molecule has 0 heterocycles. The first-order valence-corrected chi connectivity index (χ1v) is 14.1. The molecule has 1 N–H and O–H groups in total. The van der Waals surface area contributed by atoms with Crippen molar-refractivity contribution in [3.8, 4) is 5.75 Å². The molecule has 0 fully saturated rings. The van der Waals surface area contributed by atoms with Gasteiger partial charge in [-0.2, -0.15) is 18.3 Å². The summed E-state index contributed by atoms with van der Waals surface area (Å²) in [6.45, 7) is 4.03. The monoisotopic (exact) mass is 625 g/mol. The summed E-state index contributed by atoms with van der Waals surface area (Å²) in [7, 11) is -4.46. The van der Waals surface area contributed by atoms with Crippen molar-refractivity contribution in [2.75, 3.05) is 17.5 Å². The molecule has 0 spiro atoms. The van der Waals surface area contributed by atoms with E-state index in [1.807, 2.05) is 0 Å². The molecule has 0 unspecified atom stereocenters. The van der Waals surface area contributed by atoms with Crippen LogP contribution in [0, 0.1) is 0 Å². The number of hydrogen-bond acceptors (Lipinski definition) is 7. The predicted molar refractivity (Wildman–Crippen MR) is 151 cm³/mol. The summed E-state index contributed by atoms with van der Waals surface area (Å²) in [5.41, 5.74) is 0.365. The van der Waals surface area contributed by atoms with Crippen molar-refractivity contribution < 1.29 is 40.7 Å². The van der Waals surface area contributed by atoms with Crippen molar-refractivity contribution in [3.63, 3.8) is 0 Å². The highest BCUT2D eigenvalue weighted by atomic mass is 35.5. The molecule has 0 radical (unpaired) electrons. The van der Waals surface area contributed by atoms with Crippen LogP contribution in [0.4, 0.5) is 18.9 Å². The third kappa shape index (κ3) is 9.21. The molecule has 0 bridgehead atoms. The molecular formula is C28H27ClF3N3O6S. The molecule has 0 saturated heterocycles. The summed E-state index contributed by atoms with van der Waals surface area (Å²) >= 11 is 5.70. The molecule has 3 aromatic rings. The SMILES string of the molecule is CC(C)(C)OC(=O)COc1ccc(/C=N\NC(=O)CN(c2ccc(Cl)c(C(F)(F)F)c2)S(=O)(=O)c2ccccc2)cc1. The van der Waals surface area contributed by atoms with Gasteiger partial charge in [-0.3, -0.25) is 9.10 Å². The summed E-state index contributed by atoms with van der Waals surface area (Å²) in [6, 6.07) is 15.8. The number of hydrogen-bond donors (Lipinski definition) is 1. The number of carbonyl (C=O) groups excluding carboxylic acids is 2. The van der Waals surface area contributed by atoms with Crippen molar-refractivity contribution in [3.05, 3.63) is 88.9 Å². The van der Waals surface area contributed by atoms with Crippen molar-refractivity contribution in [1.82, 2.24) is 5.43 Å². The number of amides is 1. The maximum atomic E-state index is 13.5. The van der Waals surface area contributed by atoms with Gasteiger partial charge in [0.25, 0.3) is 15.9 Å². The molecule has 0 saturated carbocycles. The van der Waals surface area contributed by atoms with E-state index >= 15 is 0 Å². The Morgan fingerprint density at radius 1 is 1.00 bits per heavy atom. The maximum absolute atomic E-state index is 13.5. The lowest BCUT2D eigenvalue weighted by atomic mass is 10.2. The van der Waals surface area contributed by atoms with Crippen LogP contribution in [0.3, 0.4) is 0 Å². The van der Waals surface area contributed by atoms with Crippen LogP contribution in [-0.4, -0.2) is 45.3 Å². The molecule has 0 atom stereocenters. The topological polar surface area (TPSA) is 114 Å². The normalized spacial score (nSPS) is 12.2. The first kappa shape index (κ1) is 32.4. The molecule has 0 aliphatic heterocycles. The average Bonchev–Trinajstić information content (AvgIpc) is 2.90. The van der Waals surface area contributed by atoms with Crippen molar-refractivity contribution in [2.24, 2.45) is 5.10 Å². The number of sulfonamides is 1. The molecule has 9 nitrogen and oxygen atoms in total. The Balaban J connectivity index is 1.73. The molecule has 3 aromatic carbocycles. The lowest BCUT2D eigenvalue weighted by molar-refractivity contribution is -0.157. The molecule has 0 aliphatic carbocycles. The van der Waals surface area contributed by atoms with Crippen LogP contribution in [0.1, 0.15) is 31.9 Å². The number of alkyl halides is 3. The van der Waals surface area contributed by atoms with E-state index in [1.54, 1.807) is 51.1 Å². The van der Waals surface area contributed by atoms with E-state index in [-0.39, 0.29) is 11.5 Å². The lowest BCUT2D eigenvalue weighted by Crippen LogP contribution is -2.39. The Hall–Kier alpha value is -4.10.